The molecule has 20 heavy (non-hydrogen) atoms. The van der Waals surface area contributed by atoms with Crippen LogP contribution in [0.4, 0.5) is 5.95 Å². The molecule has 3 aromatic rings. The number of hydrogen-bond acceptors (Lipinski definition) is 5. The molecule has 0 saturated carbocycles. The lowest BCUT2D eigenvalue weighted by Gasteiger charge is -2.06. The summed E-state index contributed by atoms with van der Waals surface area (Å²) in [7, 11) is 0. The van der Waals surface area contributed by atoms with Crippen LogP contribution in [0.3, 0.4) is 0 Å². The summed E-state index contributed by atoms with van der Waals surface area (Å²) >= 11 is 1.74. The highest BCUT2D eigenvalue weighted by Crippen LogP contribution is 2.28. The van der Waals surface area contributed by atoms with E-state index in [0.717, 1.165) is 35.3 Å². The van der Waals surface area contributed by atoms with Crippen LogP contribution in [0.25, 0.3) is 21.6 Å². The summed E-state index contributed by atoms with van der Waals surface area (Å²) in [6, 6.07) is 8.18. The molecule has 0 aromatic carbocycles. The first-order valence-electron chi connectivity index (χ1n) is 6.67. The van der Waals surface area contributed by atoms with E-state index >= 15 is 0 Å². The molecule has 0 atom stereocenters. The van der Waals surface area contributed by atoms with Gasteiger partial charge in [0.15, 0.2) is 0 Å². The van der Waals surface area contributed by atoms with Crippen LogP contribution in [0.15, 0.2) is 24.3 Å². The number of pyridine rings is 1. The molecule has 0 unspecified atom stereocenters. The Morgan fingerprint density at radius 1 is 1.10 bits per heavy atom. The fourth-order valence-corrected chi connectivity index (χ4v) is 3.05. The van der Waals surface area contributed by atoms with Gasteiger partial charge in [0.2, 0.25) is 5.95 Å². The molecule has 0 spiro atoms. The molecule has 0 saturated heterocycles. The zero-order chi connectivity index (χ0) is 14.1. The Kier molecular flexibility index (Phi) is 3.36. The molecule has 3 rings (SSSR count). The average molecular weight is 284 g/mol. The van der Waals surface area contributed by atoms with Crippen molar-refractivity contribution in [1.29, 1.82) is 0 Å². The van der Waals surface area contributed by atoms with E-state index < -0.39 is 0 Å². The number of nitrogens with zero attached hydrogens (tertiary/aromatic N) is 3. The van der Waals surface area contributed by atoms with Crippen LogP contribution in [0.2, 0.25) is 0 Å². The lowest BCUT2D eigenvalue weighted by molar-refractivity contribution is 0.886. The Labute approximate surface area is 121 Å². The minimum atomic E-state index is 0.322. The van der Waals surface area contributed by atoms with Crippen LogP contribution in [0.1, 0.15) is 23.9 Å². The molecule has 3 aromatic heterocycles. The third-order valence-electron chi connectivity index (χ3n) is 3.11. The Hall–Kier alpha value is -2.01. The van der Waals surface area contributed by atoms with Crippen LogP contribution in [0.5, 0.6) is 0 Å². The first kappa shape index (κ1) is 13.0. The van der Waals surface area contributed by atoms with E-state index in [-0.39, 0.29) is 0 Å². The lowest BCUT2D eigenvalue weighted by Crippen LogP contribution is -2.02. The van der Waals surface area contributed by atoms with Crippen LogP contribution in [0, 0.1) is 6.92 Å². The zero-order valence-corrected chi connectivity index (χ0v) is 12.4. The predicted molar refractivity (Wildman–Crippen MR) is 83.8 cm³/mol. The number of rotatable bonds is 3. The van der Waals surface area contributed by atoms with E-state index in [9.17, 15) is 0 Å². The van der Waals surface area contributed by atoms with E-state index in [1.54, 1.807) is 11.3 Å². The summed E-state index contributed by atoms with van der Waals surface area (Å²) in [5.41, 5.74) is 9.35. The molecular formula is C15H16N4S. The van der Waals surface area contributed by atoms with E-state index in [1.165, 1.54) is 9.75 Å². The van der Waals surface area contributed by atoms with Crippen molar-refractivity contribution in [3.8, 4) is 10.6 Å². The first-order chi connectivity index (χ1) is 9.67. The second-order valence-corrected chi connectivity index (χ2v) is 6.04. The summed E-state index contributed by atoms with van der Waals surface area (Å²) in [4.78, 5) is 15.8. The number of nitrogen functional groups attached to an aromatic ring is 1. The molecule has 0 fully saturated rings. The standard InChI is InChI=1S/C15H16N4S/c1-3-4-11-14-12(19-15(16)18-11)7-6-10(17-14)13-8-5-9(2)20-13/h5-8H,3-4H2,1-2H3,(H2,16,18,19). The van der Waals surface area contributed by atoms with Crippen molar-refractivity contribution in [3.63, 3.8) is 0 Å². The van der Waals surface area contributed by atoms with Gasteiger partial charge in [0, 0.05) is 4.88 Å². The fraction of sp³-hybridized carbons (Fsp3) is 0.267. The van der Waals surface area contributed by atoms with Gasteiger partial charge in [-0.3, -0.25) is 0 Å². The van der Waals surface area contributed by atoms with Crippen molar-refractivity contribution in [2.45, 2.75) is 26.7 Å². The van der Waals surface area contributed by atoms with Crippen molar-refractivity contribution >= 4 is 28.3 Å². The van der Waals surface area contributed by atoms with Gasteiger partial charge in [0.25, 0.3) is 0 Å². The van der Waals surface area contributed by atoms with E-state index in [2.05, 4.69) is 35.9 Å². The molecular weight excluding hydrogens is 268 g/mol. The maximum absolute atomic E-state index is 5.76. The number of aryl methyl sites for hydroxylation is 2. The van der Waals surface area contributed by atoms with Gasteiger partial charge in [-0.05, 0) is 37.6 Å². The molecule has 3 heterocycles. The van der Waals surface area contributed by atoms with Gasteiger partial charge >= 0.3 is 0 Å². The summed E-state index contributed by atoms with van der Waals surface area (Å²) < 4.78 is 0. The SMILES string of the molecule is CCCc1nc(N)nc2ccc(-c3ccc(C)s3)nc12. The summed E-state index contributed by atoms with van der Waals surface area (Å²) in [5.74, 6) is 0.322. The third kappa shape index (κ3) is 2.36. The molecule has 0 radical (unpaired) electrons. The molecule has 5 heteroatoms. The Morgan fingerprint density at radius 2 is 1.95 bits per heavy atom. The van der Waals surface area contributed by atoms with Crippen LogP contribution in [-0.2, 0) is 6.42 Å². The highest BCUT2D eigenvalue weighted by molar-refractivity contribution is 7.15. The second-order valence-electron chi connectivity index (χ2n) is 4.75. The minimum Gasteiger partial charge on any atom is -0.368 e. The number of anilines is 1. The molecule has 0 aliphatic heterocycles. The topological polar surface area (TPSA) is 64.7 Å². The molecule has 2 N–H and O–H groups in total. The number of thiophene rings is 1. The van der Waals surface area contributed by atoms with Crippen molar-refractivity contribution in [2.24, 2.45) is 0 Å². The van der Waals surface area contributed by atoms with E-state index in [4.69, 9.17) is 10.7 Å². The number of fused-ring (bicyclic) bond motifs is 1. The quantitative estimate of drug-likeness (QED) is 0.798. The van der Waals surface area contributed by atoms with Gasteiger partial charge in [0.05, 0.1) is 21.8 Å². The maximum atomic E-state index is 5.76. The third-order valence-corrected chi connectivity index (χ3v) is 4.13. The average Bonchev–Trinajstić information content (AvgIpc) is 2.85. The smallest absolute Gasteiger partial charge is 0.220 e. The number of aromatic nitrogens is 3. The van der Waals surface area contributed by atoms with E-state index in [1.807, 2.05) is 12.1 Å². The van der Waals surface area contributed by atoms with Crippen LogP contribution < -0.4 is 5.73 Å². The van der Waals surface area contributed by atoms with Crippen molar-refractivity contribution in [1.82, 2.24) is 15.0 Å². The minimum absolute atomic E-state index is 0.322. The molecule has 0 bridgehead atoms. The Balaban J connectivity index is 2.18. The van der Waals surface area contributed by atoms with Gasteiger partial charge < -0.3 is 5.73 Å². The lowest BCUT2D eigenvalue weighted by atomic mass is 10.2. The molecule has 0 amide bonds. The highest BCUT2D eigenvalue weighted by Gasteiger charge is 2.10. The van der Waals surface area contributed by atoms with Crippen molar-refractivity contribution in [2.75, 3.05) is 5.73 Å². The van der Waals surface area contributed by atoms with Gasteiger partial charge in [-0.15, -0.1) is 11.3 Å². The van der Waals surface area contributed by atoms with Gasteiger partial charge in [0.1, 0.15) is 5.52 Å². The normalized spacial score (nSPS) is 11.1. The Bertz CT molecular complexity index is 764. The molecule has 102 valence electrons. The molecule has 0 aliphatic rings. The highest BCUT2D eigenvalue weighted by atomic mass is 32.1. The Morgan fingerprint density at radius 3 is 2.65 bits per heavy atom. The van der Waals surface area contributed by atoms with Gasteiger partial charge in [-0.2, -0.15) is 0 Å². The predicted octanol–water partition coefficient (Wildman–Crippen LogP) is 3.60. The first-order valence-corrected chi connectivity index (χ1v) is 7.49. The van der Waals surface area contributed by atoms with Crippen LogP contribution >= 0.6 is 11.3 Å². The fourth-order valence-electron chi connectivity index (χ4n) is 2.21. The summed E-state index contributed by atoms with van der Waals surface area (Å²) in [6.45, 7) is 4.22. The van der Waals surface area contributed by atoms with Crippen molar-refractivity contribution < 1.29 is 0 Å². The molecule has 0 aliphatic carbocycles. The number of hydrogen-bond donors (Lipinski definition) is 1. The largest absolute Gasteiger partial charge is 0.368 e. The summed E-state index contributed by atoms with van der Waals surface area (Å²) in [6.07, 6.45) is 1.87. The number of nitrogens with two attached hydrogens (primary N) is 1. The van der Waals surface area contributed by atoms with Gasteiger partial charge in [-0.25, -0.2) is 15.0 Å². The maximum Gasteiger partial charge on any atom is 0.220 e. The van der Waals surface area contributed by atoms with Crippen molar-refractivity contribution in [3.05, 3.63) is 34.8 Å². The van der Waals surface area contributed by atoms with E-state index in [0.29, 0.717) is 5.95 Å². The monoisotopic (exact) mass is 284 g/mol. The van der Waals surface area contributed by atoms with Crippen LogP contribution in [-0.4, -0.2) is 15.0 Å². The molecule has 4 nitrogen and oxygen atoms in total. The second kappa shape index (κ2) is 5.17. The summed E-state index contributed by atoms with van der Waals surface area (Å²) in [5, 5.41) is 0. The van der Waals surface area contributed by atoms with Gasteiger partial charge in [-0.1, -0.05) is 13.3 Å². The zero-order valence-electron chi connectivity index (χ0n) is 11.6.